The average molecular weight is 518 g/mol. The number of carbonyl (C=O) groups excluding carboxylic acids is 2. The first-order valence-electron chi connectivity index (χ1n) is 12.8. The predicted octanol–water partition coefficient (Wildman–Crippen LogP) is 5.32. The van der Waals surface area contributed by atoms with E-state index in [1.807, 2.05) is 47.1 Å². The molecule has 0 unspecified atom stereocenters. The minimum Gasteiger partial charge on any atom is -0.493 e. The number of halogens is 1. The molecular weight excluding hydrogens is 486 g/mol. The van der Waals surface area contributed by atoms with Crippen LogP contribution >= 0.6 is 11.6 Å². The van der Waals surface area contributed by atoms with Crippen molar-refractivity contribution in [2.75, 3.05) is 26.2 Å². The number of carbonyl (C=O) groups is 2. The quantitative estimate of drug-likeness (QED) is 0.444. The highest BCUT2D eigenvalue weighted by Crippen LogP contribution is 2.38. The van der Waals surface area contributed by atoms with E-state index in [1.54, 1.807) is 18.5 Å². The third-order valence-corrected chi connectivity index (χ3v) is 7.82. The lowest BCUT2D eigenvalue weighted by atomic mass is 9.75. The standard InChI is InChI=1S/C30H32ClN3O3/c1-22-15-25(19-32-18-22)29(36)33-13-10-30(11-14-33,21-37-27-8-4-7-26(31)16-27)17-28(35)34-12-9-23-5-2-3-6-24(23)20-34/h2-8,15-16,18-19H,9-14,17,20-21H2,1H3. The Balaban J connectivity index is 1.30. The summed E-state index contributed by atoms with van der Waals surface area (Å²) in [6.07, 6.45) is 6.01. The molecule has 1 fully saturated rings. The fourth-order valence-electron chi connectivity index (χ4n) is 5.35. The highest BCUT2D eigenvalue weighted by atomic mass is 35.5. The summed E-state index contributed by atoms with van der Waals surface area (Å²) < 4.78 is 6.20. The molecule has 1 saturated heterocycles. The number of hydrogen-bond acceptors (Lipinski definition) is 4. The molecule has 0 aliphatic carbocycles. The largest absolute Gasteiger partial charge is 0.493 e. The summed E-state index contributed by atoms with van der Waals surface area (Å²) in [4.78, 5) is 34.7. The molecule has 0 saturated carbocycles. The summed E-state index contributed by atoms with van der Waals surface area (Å²) in [6, 6.07) is 17.6. The molecule has 3 aromatic rings. The Morgan fingerprint density at radius 3 is 2.51 bits per heavy atom. The molecule has 37 heavy (non-hydrogen) atoms. The van der Waals surface area contributed by atoms with Crippen molar-refractivity contribution in [3.8, 4) is 5.75 Å². The second-order valence-electron chi connectivity index (χ2n) is 10.3. The van der Waals surface area contributed by atoms with Crippen molar-refractivity contribution in [2.45, 2.75) is 39.2 Å². The molecule has 0 spiro atoms. The zero-order valence-electron chi connectivity index (χ0n) is 21.2. The number of likely N-dealkylation sites (tertiary alicyclic amines) is 1. The van der Waals surface area contributed by atoms with Gasteiger partial charge in [0.05, 0.1) is 12.2 Å². The van der Waals surface area contributed by atoms with Crippen molar-refractivity contribution < 1.29 is 14.3 Å². The molecule has 2 aliphatic rings. The molecule has 2 aliphatic heterocycles. The minimum absolute atomic E-state index is 0.0143. The number of fused-ring (bicyclic) bond motifs is 1. The highest BCUT2D eigenvalue weighted by molar-refractivity contribution is 6.30. The SMILES string of the molecule is Cc1cncc(C(=O)N2CCC(COc3cccc(Cl)c3)(CC(=O)N3CCc4ccccc4C3)CC2)c1. The third-order valence-electron chi connectivity index (χ3n) is 7.58. The topological polar surface area (TPSA) is 62.7 Å². The van der Waals surface area contributed by atoms with Crippen LogP contribution in [0.1, 0.15) is 46.3 Å². The summed E-state index contributed by atoms with van der Waals surface area (Å²) in [5.74, 6) is 0.821. The van der Waals surface area contributed by atoms with E-state index in [2.05, 4.69) is 23.2 Å². The Labute approximate surface area is 223 Å². The van der Waals surface area contributed by atoms with E-state index < -0.39 is 0 Å². The van der Waals surface area contributed by atoms with Crippen LogP contribution in [0.2, 0.25) is 5.02 Å². The van der Waals surface area contributed by atoms with Gasteiger partial charge in [-0.3, -0.25) is 14.6 Å². The van der Waals surface area contributed by atoms with E-state index in [0.29, 0.717) is 61.8 Å². The number of benzene rings is 2. The lowest BCUT2D eigenvalue weighted by molar-refractivity contribution is -0.136. The Morgan fingerprint density at radius 2 is 1.76 bits per heavy atom. The fraction of sp³-hybridized carbons (Fsp3) is 0.367. The van der Waals surface area contributed by atoms with E-state index in [9.17, 15) is 9.59 Å². The number of aryl methyl sites for hydroxylation is 1. The first-order chi connectivity index (χ1) is 17.9. The molecule has 192 valence electrons. The predicted molar refractivity (Wildman–Crippen MR) is 144 cm³/mol. The van der Waals surface area contributed by atoms with Gasteiger partial charge in [0.15, 0.2) is 0 Å². The first kappa shape index (κ1) is 25.3. The van der Waals surface area contributed by atoms with Crippen molar-refractivity contribution in [1.29, 1.82) is 0 Å². The zero-order chi connectivity index (χ0) is 25.8. The fourth-order valence-corrected chi connectivity index (χ4v) is 5.53. The van der Waals surface area contributed by atoms with Crippen LogP contribution in [0.4, 0.5) is 0 Å². The monoisotopic (exact) mass is 517 g/mol. The third kappa shape index (κ3) is 5.96. The molecule has 3 heterocycles. The lowest BCUT2D eigenvalue weighted by Crippen LogP contribution is -2.48. The number of amides is 2. The van der Waals surface area contributed by atoms with Gasteiger partial charge in [0.25, 0.3) is 5.91 Å². The van der Waals surface area contributed by atoms with Gasteiger partial charge in [-0.1, -0.05) is 41.9 Å². The van der Waals surface area contributed by atoms with Crippen LogP contribution in [-0.4, -0.2) is 52.8 Å². The van der Waals surface area contributed by atoms with Gasteiger partial charge < -0.3 is 14.5 Å². The minimum atomic E-state index is -0.363. The second-order valence-corrected chi connectivity index (χ2v) is 10.7. The second kappa shape index (κ2) is 10.9. The Morgan fingerprint density at radius 1 is 0.973 bits per heavy atom. The summed E-state index contributed by atoms with van der Waals surface area (Å²) in [7, 11) is 0. The van der Waals surface area contributed by atoms with Crippen molar-refractivity contribution in [1.82, 2.24) is 14.8 Å². The van der Waals surface area contributed by atoms with Crippen LogP contribution in [0.15, 0.2) is 67.0 Å². The Bertz CT molecular complexity index is 1290. The molecule has 2 amide bonds. The molecule has 1 aromatic heterocycles. The van der Waals surface area contributed by atoms with Crippen molar-refractivity contribution in [3.05, 3.63) is 94.3 Å². The van der Waals surface area contributed by atoms with E-state index in [1.165, 1.54) is 11.1 Å². The number of hydrogen-bond donors (Lipinski definition) is 0. The molecule has 0 N–H and O–H groups in total. The molecule has 2 aromatic carbocycles. The van der Waals surface area contributed by atoms with Crippen LogP contribution in [0.25, 0.3) is 0 Å². The van der Waals surface area contributed by atoms with Crippen LogP contribution < -0.4 is 4.74 Å². The molecule has 7 heteroatoms. The van der Waals surface area contributed by atoms with Crippen LogP contribution in [0, 0.1) is 12.3 Å². The van der Waals surface area contributed by atoms with Gasteiger partial charge in [-0.05, 0) is 67.1 Å². The summed E-state index contributed by atoms with van der Waals surface area (Å²) in [5.41, 5.74) is 3.74. The number of aromatic nitrogens is 1. The van der Waals surface area contributed by atoms with Crippen molar-refractivity contribution in [3.63, 3.8) is 0 Å². The Kier molecular flexibility index (Phi) is 7.47. The summed E-state index contributed by atoms with van der Waals surface area (Å²) >= 11 is 6.16. The lowest BCUT2D eigenvalue weighted by Gasteiger charge is -2.42. The first-order valence-corrected chi connectivity index (χ1v) is 13.2. The normalized spacial score (nSPS) is 16.7. The average Bonchev–Trinajstić information content (AvgIpc) is 2.92. The van der Waals surface area contributed by atoms with Gasteiger partial charge in [-0.25, -0.2) is 0 Å². The Hall–Kier alpha value is -3.38. The molecule has 0 bridgehead atoms. The summed E-state index contributed by atoms with van der Waals surface area (Å²) in [5, 5.41) is 0.613. The highest BCUT2D eigenvalue weighted by Gasteiger charge is 2.40. The van der Waals surface area contributed by atoms with Gasteiger partial charge in [0.1, 0.15) is 5.75 Å². The van der Waals surface area contributed by atoms with Gasteiger partial charge in [-0.15, -0.1) is 0 Å². The number of ether oxygens (including phenoxy) is 1. The van der Waals surface area contributed by atoms with E-state index in [4.69, 9.17) is 16.3 Å². The van der Waals surface area contributed by atoms with E-state index in [-0.39, 0.29) is 17.2 Å². The van der Waals surface area contributed by atoms with Crippen LogP contribution in [0.5, 0.6) is 5.75 Å². The van der Waals surface area contributed by atoms with E-state index >= 15 is 0 Å². The maximum absolute atomic E-state index is 13.6. The van der Waals surface area contributed by atoms with Crippen molar-refractivity contribution >= 4 is 23.4 Å². The molecule has 0 atom stereocenters. The van der Waals surface area contributed by atoms with E-state index in [0.717, 1.165) is 18.5 Å². The molecule has 5 rings (SSSR count). The van der Waals surface area contributed by atoms with Crippen LogP contribution in [0.3, 0.4) is 0 Å². The number of pyridine rings is 1. The number of nitrogens with zero attached hydrogens (tertiary/aromatic N) is 3. The molecule has 6 nitrogen and oxygen atoms in total. The van der Waals surface area contributed by atoms with Gasteiger partial charge >= 0.3 is 0 Å². The molecule has 0 radical (unpaired) electrons. The maximum Gasteiger partial charge on any atom is 0.255 e. The summed E-state index contributed by atoms with van der Waals surface area (Å²) in [6.45, 7) is 4.85. The smallest absolute Gasteiger partial charge is 0.255 e. The molecular formula is C30H32ClN3O3. The van der Waals surface area contributed by atoms with Crippen LogP contribution in [-0.2, 0) is 17.8 Å². The number of rotatable bonds is 6. The van der Waals surface area contributed by atoms with Gasteiger partial charge in [-0.2, -0.15) is 0 Å². The van der Waals surface area contributed by atoms with Crippen molar-refractivity contribution in [2.24, 2.45) is 5.41 Å². The van der Waals surface area contributed by atoms with Gasteiger partial charge in [0.2, 0.25) is 5.91 Å². The maximum atomic E-state index is 13.6. The zero-order valence-corrected chi connectivity index (χ0v) is 21.9. The van der Waals surface area contributed by atoms with Gasteiger partial charge in [0, 0.05) is 55.4 Å². The number of piperidine rings is 1.